The van der Waals surface area contributed by atoms with Crippen molar-refractivity contribution in [3.8, 4) is 0 Å². The van der Waals surface area contributed by atoms with E-state index in [2.05, 4.69) is 11.8 Å². The van der Waals surface area contributed by atoms with Crippen LogP contribution >= 0.6 is 0 Å². The van der Waals surface area contributed by atoms with Crippen LogP contribution in [0.3, 0.4) is 0 Å². The van der Waals surface area contributed by atoms with Crippen LogP contribution in [0, 0.1) is 5.21 Å². The number of rotatable bonds is 2. The molecular formula is C13H19N2O2-. The van der Waals surface area contributed by atoms with Crippen molar-refractivity contribution >= 4 is 0 Å². The zero-order valence-corrected chi connectivity index (χ0v) is 10.3. The first kappa shape index (κ1) is 12.5. The quantitative estimate of drug-likeness (QED) is 0.798. The smallest absolute Gasteiger partial charge is 0.0703 e. The highest BCUT2D eigenvalue weighted by Crippen LogP contribution is 2.37. The molecule has 1 fully saturated rings. The molecule has 4 heteroatoms. The lowest BCUT2D eigenvalue weighted by atomic mass is 9.81. The molecular weight excluding hydrogens is 216 g/mol. The number of piperidine rings is 1. The number of benzene rings is 1. The Morgan fingerprint density at radius 2 is 2.06 bits per heavy atom. The van der Waals surface area contributed by atoms with Crippen LogP contribution in [0.15, 0.2) is 30.3 Å². The summed E-state index contributed by atoms with van der Waals surface area (Å²) in [6, 6.07) is 9.98. The average molecular weight is 235 g/mol. The predicted octanol–water partition coefficient (Wildman–Crippen LogP) is 2.18. The van der Waals surface area contributed by atoms with Gasteiger partial charge < -0.3 is 15.3 Å². The molecule has 0 amide bonds. The number of nitrogens with zero attached hydrogens (tertiary/aromatic N) is 2. The Bertz CT molecular complexity index is 369. The van der Waals surface area contributed by atoms with E-state index in [-0.39, 0.29) is 5.23 Å². The summed E-state index contributed by atoms with van der Waals surface area (Å²) in [7, 11) is 1.99. The van der Waals surface area contributed by atoms with Crippen molar-refractivity contribution in [2.75, 3.05) is 13.6 Å². The van der Waals surface area contributed by atoms with Gasteiger partial charge in [-0.25, -0.2) is 0 Å². The van der Waals surface area contributed by atoms with E-state index >= 15 is 0 Å². The van der Waals surface area contributed by atoms with Crippen LogP contribution in [-0.2, 0) is 5.54 Å². The molecule has 1 aromatic rings. The maximum atomic E-state index is 11.6. The van der Waals surface area contributed by atoms with Gasteiger partial charge in [-0.1, -0.05) is 30.3 Å². The fourth-order valence-corrected chi connectivity index (χ4v) is 2.57. The van der Waals surface area contributed by atoms with Crippen molar-refractivity contribution in [2.24, 2.45) is 0 Å². The van der Waals surface area contributed by atoms with E-state index in [0.717, 1.165) is 12.0 Å². The molecule has 0 aliphatic carbocycles. The molecule has 1 aliphatic heterocycles. The highest BCUT2D eigenvalue weighted by molar-refractivity contribution is 5.26. The summed E-state index contributed by atoms with van der Waals surface area (Å²) >= 11 is 0. The summed E-state index contributed by atoms with van der Waals surface area (Å²) in [6.45, 7) is 2.69. The molecule has 1 N–H and O–H groups in total. The Balaban J connectivity index is 2.35. The molecule has 0 bridgehead atoms. The van der Waals surface area contributed by atoms with Gasteiger partial charge >= 0.3 is 0 Å². The van der Waals surface area contributed by atoms with Gasteiger partial charge in [0, 0.05) is 12.6 Å². The van der Waals surface area contributed by atoms with Crippen LogP contribution in [0.4, 0.5) is 0 Å². The normalized spacial score (nSPS) is 30.8. The first-order valence-corrected chi connectivity index (χ1v) is 5.98. The summed E-state index contributed by atoms with van der Waals surface area (Å²) in [5.74, 6) is 0. The maximum absolute atomic E-state index is 11.6. The number of hydroxylamine groups is 2. The number of hydrogen-bond donors (Lipinski definition) is 1. The second-order valence-corrected chi connectivity index (χ2v) is 4.97. The van der Waals surface area contributed by atoms with Crippen molar-refractivity contribution < 1.29 is 5.21 Å². The van der Waals surface area contributed by atoms with Gasteiger partial charge in [-0.2, -0.15) is 0 Å². The van der Waals surface area contributed by atoms with Crippen molar-refractivity contribution in [2.45, 2.75) is 31.3 Å². The number of likely N-dealkylation sites (tertiary alicyclic amines) is 1. The zero-order valence-electron chi connectivity index (χ0n) is 10.3. The monoisotopic (exact) mass is 235 g/mol. The molecule has 17 heavy (non-hydrogen) atoms. The minimum absolute atomic E-state index is 0.144. The third kappa shape index (κ3) is 2.21. The minimum Gasteiger partial charge on any atom is -0.762 e. The molecule has 2 unspecified atom stereocenters. The molecule has 1 aromatic carbocycles. The average Bonchev–Trinajstić information content (AvgIpc) is 2.33. The van der Waals surface area contributed by atoms with Crippen molar-refractivity contribution in [3.63, 3.8) is 0 Å². The summed E-state index contributed by atoms with van der Waals surface area (Å²) in [5, 5.41) is 21.3. The number of likely N-dealkylation sites (N-methyl/N-ethyl adjacent to an activating group) is 1. The Morgan fingerprint density at radius 1 is 1.41 bits per heavy atom. The Kier molecular flexibility index (Phi) is 3.49. The third-order valence-electron chi connectivity index (χ3n) is 3.92. The van der Waals surface area contributed by atoms with Gasteiger partial charge in [0.25, 0.3) is 0 Å². The first-order chi connectivity index (χ1) is 8.06. The van der Waals surface area contributed by atoms with E-state index in [9.17, 15) is 10.4 Å². The van der Waals surface area contributed by atoms with Crippen LogP contribution in [0.5, 0.6) is 0 Å². The van der Waals surface area contributed by atoms with Crippen molar-refractivity contribution in [1.82, 2.24) is 10.1 Å². The van der Waals surface area contributed by atoms with Gasteiger partial charge in [-0.3, -0.25) is 5.23 Å². The Hall–Kier alpha value is -0.940. The molecule has 94 valence electrons. The van der Waals surface area contributed by atoms with Crippen LogP contribution in [0.25, 0.3) is 0 Å². The van der Waals surface area contributed by atoms with E-state index in [0.29, 0.717) is 19.0 Å². The van der Waals surface area contributed by atoms with Gasteiger partial charge in [-0.15, -0.1) is 0 Å². The lowest BCUT2D eigenvalue weighted by Crippen LogP contribution is -2.55. The first-order valence-electron chi connectivity index (χ1n) is 5.98. The lowest BCUT2D eigenvalue weighted by Gasteiger charge is -2.51. The SMILES string of the molecule is CC1CCC(c2ccccc2)(N([O-])O)CN1C. The summed E-state index contributed by atoms with van der Waals surface area (Å²) < 4.78 is 0. The lowest BCUT2D eigenvalue weighted by molar-refractivity contribution is -0.160. The second-order valence-electron chi connectivity index (χ2n) is 4.97. The van der Waals surface area contributed by atoms with Gasteiger partial charge in [0.2, 0.25) is 0 Å². The van der Waals surface area contributed by atoms with Crippen LogP contribution < -0.4 is 0 Å². The van der Waals surface area contributed by atoms with Gasteiger partial charge in [0.05, 0.1) is 5.54 Å². The molecule has 1 saturated heterocycles. The summed E-state index contributed by atoms with van der Waals surface area (Å²) in [4.78, 5) is 2.12. The van der Waals surface area contributed by atoms with Crippen LogP contribution in [0.2, 0.25) is 0 Å². The molecule has 2 atom stereocenters. The summed E-state index contributed by atoms with van der Waals surface area (Å²) in [6.07, 6.45) is 1.59. The summed E-state index contributed by atoms with van der Waals surface area (Å²) in [5.41, 5.74) is 0.0685. The largest absolute Gasteiger partial charge is 0.762 e. The third-order valence-corrected chi connectivity index (χ3v) is 3.92. The van der Waals surface area contributed by atoms with E-state index in [1.807, 2.05) is 37.4 Å². The molecule has 1 aliphatic rings. The highest BCUT2D eigenvalue weighted by Gasteiger charge is 2.39. The molecule has 0 aromatic heterocycles. The zero-order chi connectivity index (χ0) is 12.5. The molecule has 0 saturated carbocycles. The van der Waals surface area contributed by atoms with Crippen LogP contribution in [0.1, 0.15) is 25.3 Å². The van der Waals surface area contributed by atoms with E-state index < -0.39 is 5.54 Å². The van der Waals surface area contributed by atoms with Gasteiger partial charge in [0.15, 0.2) is 0 Å². The maximum Gasteiger partial charge on any atom is 0.0703 e. The molecule has 4 nitrogen and oxygen atoms in total. The second kappa shape index (κ2) is 4.74. The molecule has 1 heterocycles. The van der Waals surface area contributed by atoms with Gasteiger partial charge in [-0.05, 0) is 32.4 Å². The highest BCUT2D eigenvalue weighted by atomic mass is 16.8. The Morgan fingerprint density at radius 3 is 2.59 bits per heavy atom. The van der Waals surface area contributed by atoms with E-state index in [1.54, 1.807) is 0 Å². The van der Waals surface area contributed by atoms with Crippen molar-refractivity contribution in [3.05, 3.63) is 41.1 Å². The molecule has 0 spiro atoms. The topological polar surface area (TPSA) is 49.8 Å². The predicted molar refractivity (Wildman–Crippen MR) is 66.4 cm³/mol. The standard InChI is InChI=1S/C13H19N2O2/c1-11-8-9-13(15(16)17,10-14(11)2)12-6-4-3-5-7-12/h3-7,11,16H,8-10H2,1-2H3/q-1. The molecule has 2 rings (SSSR count). The minimum atomic E-state index is -0.817. The number of hydrogen-bond acceptors (Lipinski definition) is 4. The fraction of sp³-hybridized carbons (Fsp3) is 0.538. The molecule has 0 radical (unpaired) electrons. The van der Waals surface area contributed by atoms with E-state index in [4.69, 9.17) is 0 Å². The van der Waals surface area contributed by atoms with E-state index in [1.165, 1.54) is 0 Å². The van der Waals surface area contributed by atoms with Crippen molar-refractivity contribution in [1.29, 1.82) is 0 Å². The van der Waals surface area contributed by atoms with Crippen LogP contribution in [-0.4, -0.2) is 35.0 Å². The fourth-order valence-electron chi connectivity index (χ4n) is 2.57. The van der Waals surface area contributed by atoms with Gasteiger partial charge in [0.1, 0.15) is 0 Å². The Labute approximate surface area is 102 Å².